The first-order valence-corrected chi connectivity index (χ1v) is 3.46. The second-order valence-electron chi connectivity index (χ2n) is 2.43. The van der Waals surface area contributed by atoms with Crippen LogP contribution < -0.4 is 5.32 Å². The molecule has 0 aliphatic carbocycles. The van der Waals surface area contributed by atoms with E-state index in [9.17, 15) is 13.2 Å². The maximum absolute atomic E-state index is 11.6. The standard InChI is InChI=1S/C6H9F3NO/c7-6(8,9)11-5-1-3-10-4-2-5/h5H,1-4H2. The summed E-state index contributed by atoms with van der Waals surface area (Å²) in [5.74, 6) is 0. The van der Waals surface area contributed by atoms with Crippen LogP contribution in [0.15, 0.2) is 0 Å². The lowest BCUT2D eigenvalue weighted by Crippen LogP contribution is -2.32. The molecule has 1 saturated heterocycles. The Labute approximate surface area is 62.7 Å². The minimum absolute atomic E-state index is 0.388. The SMILES string of the molecule is FC(F)(F)OC1CC[N]CC1. The van der Waals surface area contributed by atoms with Crippen LogP contribution in [0.1, 0.15) is 12.8 Å². The molecule has 0 N–H and O–H groups in total. The van der Waals surface area contributed by atoms with Gasteiger partial charge < -0.3 is 0 Å². The zero-order valence-electron chi connectivity index (χ0n) is 5.90. The fourth-order valence-electron chi connectivity index (χ4n) is 1.03. The molecule has 0 unspecified atom stereocenters. The third-order valence-corrected chi connectivity index (χ3v) is 1.52. The van der Waals surface area contributed by atoms with Crippen molar-refractivity contribution in [2.45, 2.75) is 25.3 Å². The van der Waals surface area contributed by atoms with Gasteiger partial charge in [-0.15, -0.1) is 13.2 Å². The van der Waals surface area contributed by atoms with E-state index in [-0.39, 0.29) is 0 Å². The van der Waals surface area contributed by atoms with E-state index >= 15 is 0 Å². The van der Waals surface area contributed by atoms with Crippen molar-refractivity contribution in [3.63, 3.8) is 0 Å². The fraction of sp³-hybridized carbons (Fsp3) is 1.00. The highest BCUT2D eigenvalue weighted by atomic mass is 19.4. The summed E-state index contributed by atoms with van der Waals surface area (Å²) in [6, 6.07) is 0. The molecular weight excluding hydrogens is 159 g/mol. The number of nitrogens with zero attached hydrogens (tertiary/aromatic N) is 1. The number of hydrogen-bond donors (Lipinski definition) is 0. The molecular formula is C6H9F3NO. The third-order valence-electron chi connectivity index (χ3n) is 1.52. The van der Waals surface area contributed by atoms with E-state index in [4.69, 9.17) is 0 Å². The lowest BCUT2D eigenvalue weighted by Gasteiger charge is -2.22. The van der Waals surface area contributed by atoms with E-state index < -0.39 is 12.5 Å². The van der Waals surface area contributed by atoms with Crippen molar-refractivity contribution in [1.82, 2.24) is 5.32 Å². The van der Waals surface area contributed by atoms with E-state index in [0.717, 1.165) is 0 Å². The van der Waals surface area contributed by atoms with E-state index in [2.05, 4.69) is 10.1 Å². The number of rotatable bonds is 1. The van der Waals surface area contributed by atoms with E-state index in [1.54, 1.807) is 0 Å². The van der Waals surface area contributed by atoms with Crippen LogP contribution in [-0.4, -0.2) is 25.6 Å². The highest BCUT2D eigenvalue weighted by Crippen LogP contribution is 2.22. The Balaban J connectivity index is 2.24. The Bertz CT molecular complexity index is 119. The Kier molecular flexibility index (Phi) is 2.72. The third kappa shape index (κ3) is 3.57. The van der Waals surface area contributed by atoms with E-state index in [0.29, 0.717) is 25.9 Å². The van der Waals surface area contributed by atoms with Crippen molar-refractivity contribution in [3.8, 4) is 0 Å². The van der Waals surface area contributed by atoms with Gasteiger partial charge >= 0.3 is 6.36 Å². The first-order chi connectivity index (χ1) is 5.08. The molecule has 2 nitrogen and oxygen atoms in total. The zero-order valence-corrected chi connectivity index (χ0v) is 5.90. The maximum atomic E-state index is 11.6. The molecule has 0 bridgehead atoms. The van der Waals surface area contributed by atoms with Gasteiger partial charge in [-0.2, -0.15) is 0 Å². The van der Waals surface area contributed by atoms with E-state index in [1.807, 2.05) is 0 Å². The monoisotopic (exact) mass is 168 g/mol. The molecule has 5 heteroatoms. The molecule has 1 aliphatic heterocycles. The molecule has 0 amide bonds. The Hall–Kier alpha value is -0.290. The fourth-order valence-corrected chi connectivity index (χ4v) is 1.03. The number of piperidine rings is 1. The summed E-state index contributed by atoms with van der Waals surface area (Å²) in [5, 5.41) is 3.91. The van der Waals surface area contributed by atoms with Gasteiger partial charge in [0.25, 0.3) is 0 Å². The van der Waals surface area contributed by atoms with Gasteiger partial charge in [0.15, 0.2) is 0 Å². The summed E-state index contributed by atoms with van der Waals surface area (Å²) in [7, 11) is 0. The first kappa shape index (κ1) is 8.80. The van der Waals surface area contributed by atoms with Crippen molar-refractivity contribution < 1.29 is 17.9 Å². The highest BCUT2D eigenvalue weighted by molar-refractivity contribution is 4.67. The van der Waals surface area contributed by atoms with Crippen molar-refractivity contribution >= 4 is 0 Å². The molecule has 0 aromatic rings. The number of ether oxygens (including phenoxy) is 1. The smallest absolute Gasteiger partial charge is 0.288 e. The van der Waals surface area contributed by atoms with E-state index in [1.165, 1.54) is 0 Å². The van der Waals surface area contributed by atoms with Crippen LogP contribution >= 0.6 is 0 Å². The molecule has 1 radical (unpaired) electrons. The van der Waals surface area contributed by atoms with Crippen LogP contribution in [0.4, 0.5) is 13.2 Å². The Morgan fingerprint density at radius 3 is 2.18 bits per heavy atom. The maximum Gasteiger partial charge on any atom is 0.522 e. The molecule has 0 atom stereocenters. The van der Waals surface area contributed by atoms with Gasteiger partial charge in [-0.25, -0.2) is 5.32 Å². The lowest BCUT2D eigenvalue weighted by atomic mass is 10.1. The van der Waals surface area contributed by atoms with Gasteiger partial charge in [0.1, 0.15) is 0 Å². The summed E-state index contributed by atoms with van der Waals surface area (Å²) in [6.07, 6.45) is -4.38. The van der Waals surface area contributed by atoms with Crippen LogP contribution in [0.3, 0.4) is 0 Å². The van der Waals surface area contributed by atoms with Crippen molar-refractivity contribution in [3.05, 3.63) is 0 Å². The number of halogens is 3. The van der Waals surface area contributed by atoms with Gasteiger partial charge in [-0.1, -0.05) is 0 Å². The van der Waals surface area contributed by atoms with Crippen LogP contribution in [0.2, 0.25) is 0 Å². The highest BCUT2D eigenvalue weighted by Gasteiger charge is 2.33. The van der Waals surface area contributed by atoms with Crippen molar-refractivity contribution in [2.24, 2.45) is 0 Å². The summed E-state index contributed by atoms with van der Waals surface area (Å²) in [5.41, 5.74) is 0. The molecule has 0 spiro atoms. The van der Waals surface area contributed by atoms with Crippen molar-refractivity contribution in [1.29, 1.82) is 0 Å². The summed E-state index contributed by atoms with van der Waals surface area (Å²) in [4.78, 5) is 0. The second-order valence-corrected chi connectivity index (χ2v) is 2.43. The lowest BCUT2D eigenvalue weighted by molar-refractivity contribution is -0.344. The van der Waals surface area contributed by atoms with Gasteiger partial charge in [0.05, 0.1) is 6.10 Å². The number of alkyl halides is 3. The molecule has 0 saturated carbocycles. The van der Waals surface area contributed by atoms with Crippen LogP contribution in [-0.2, 0) is 4.74 Å². The van der Waals surface area contributed by atoms with Gasteiger partial charge in [0, 0.05) is 13.1 Å². The predicted octanol–water partition coefficient (Wildman–Crippen LogP) is 1.29. The van der Waals surface area contributed by atoms with Gasteiger partial charge in [-0.3, -0.25) is 4.74 Å². The Morgan fingerprint density at radius 2 is 1.73 bits per heavy atom. The molecule has 1 rings (SSSR count). The van der Waals surface area contributed by atoms with Crippen LogP contribution in [0.25, 0.3) is 0 Å². The summed E-state index contributed by atoms with van der Waals surface area (Å²) in [6.45, 7) is 0.974. The van der Waals surface area contributed by atoms with Gasteiger partial charge in [-0.05, 0) is 12.8 Å². The molecule has 11 heavy (non-hydrogen) atoms. The first-order valence-electron chi connectivity index (χ1n) is 3.46. The van der Waals surface area contributed by atoms with Crippen molar-refractivity contribution in [2.75, 3.05) is 13.1 Å². The largest absolute Gasteiger partial charge is 0.522 e. The Morgan fingerprint density at radius 1 is 1.18 bits per heavy atom. The molecule has 0 aromatic carbocycles. The molecule has 0 aromatic heterocycles. The normalized spacial score (nSPS) is 22.1. The molecule has 1 aliphatic rings. The van der Waals surface area contributed by atoms with Gasteiger partial charge in [0.2, 0.25) is 0 Å². The average Bonchev–Trinajstić information content (AvgIpc) is 1.85. The van der Waals surface area contributed by atoms with Crippen LogP contribution in [0.5, 0.6) is 0 Å². The predicted molar refractivity (Wildman–Crippen MR) is 32.0 cm³/mol. The minimum Gasteiger partial charge on any atom is -0.288 e. The summed E-state index contributed by atoms with van der Waals surface area (Å²) < 4.78 is 38.6. The summed E-state index contributed by atoms with van der Waals surface area (Å²) >= 11 is 0. The quantitative estimate of drug-likeness (QED) is 0.578. The second kappa shape index (κ2) is 3.40. The zero-order chi connectivity index (χ0) is 8.32. The average molecular weight is 168 g/mol. The molecule has 1 fully saturated rings. The topological polar surface area (TPSA) is 23.3 Å². The minimum atomic E-state index is -4.48. The number of hydrogen-bond acceptors (Lipinski definition) is 1. The molecule has 65 valence electrons. The van der Waals surface area contributed by atoms with Crippen LogP contribution in [0, 0.1) is 0 Å². The molecule has 1 heterocycles.